The Bertz CT molecular complexity index is 4250. The Morgan fingerprint density at radius 1 is 0.292 bits per heavy atom. The van der Waals surface area contributed by atoms with Crippen molar-refractivity contribution in [3.63, 3.8) is 0 Å². The van der Waals surface area contributed by atoms with Crippen LogP contribution in [0.3, 0.4) is 0 Å². The van der Waals surface area contributed by atoms with Crippen molar-refractivity contribution in [2.45, 2.75) is 0 Å². The Hall–Kier alpha value is -11.0. The Labute approximate surface area is 412 Å². The van der Waals surface area contributed by atoms with Crippen LogP contribution in [0.5, 0.6) is 0 Å². The maximum Gasteiger partial charge on any atom is 0.164 e. The third-order valence-electron chi connectivity index (χ3n) is 13.1. The van der Waals surface area contributed by atoms with Crippen molar-refractivity contribution in [3.8, 4) is 98.1 Å². The van der Waals surface area contributed by atoms with Crippen molar-refractivity contribution in [3.05, 3.63) is 222 Å². The normalized spacial score (nSPS) is 11.0. The number of hydrogen-bond acceptors (Lipinski definition) is 8. The maximum absolute atomic E-state index is 10.7. The minimum absolute atomic E-state index is 0.459. The molecule has 0 atom stereocenters. The van der Waals surface area contributed by atoms with Crippen LogP contribution < -0.4 is 0 Å². The number of nitrogens with zero attached hydrogens (tertiary/aromatic N) is 10. The molecule has 72 heavy (non-hydrogen) atoms. The molecule has 0 saturated carbocycles. The second-order valence-electron chi connectivity index (χ2n) is 17.2. The first-order chi connectivity index (χ1) is 35.4. The summed E-state index contributed by atoms with van der Waals surface area (Å²) in [6.07, 6.45) is 0. The molecule has 330 valence electrons. The largest absolute Gasteiger partial charge is 0.309 e. The predicted octanol–water partition coefficient (Wildman–Crippen LogP) is 13.8. The van der Waals surface area contributed by atoms with E-state index in [1.807, 2.05) is 133 Å². The molecule has 12 aromatic rings. The first-order valence-electron chi connectivity index (χ1n) is 22.9. The number of aromatic nitrogens is 5. The Balaban J connectivity index is 1.18. The summed E-state index contributed by atoms with van der Waals surface area (Å²) in [7, 11) is 0. The van der Waals surface area contributed by atoms with Crippen LogP contribution in [-0.4, -0.2) is 24.1 Å². The maximum atomic E-state index is 10.7. The molecule has 10 nitrogen and oxygen atoms in total. The topological polar surface area (TPSA) is 167 Å². The highest BCUT2D eigenvalue weighted by atomic mass is 15.0. The van der Waals surface area contributed by atoms with Gasteiger partial charge < -0.3 is 9.13 Å². The fraction of sp³-hybridized carbons (Fsp3) is 0. The second kappa shape index (κ2) is 17.3. The number of hydrogen-bond donors (Lipinski definition) is 0. The minimum Gasteiger partial charge on any atom is -0.309 e. The van der Waals surface area contributed by atoms with E-state index in [1.165, 1.54) is 0 Å². The van der Waals surface area contributed by atoms with Gasteiger partial charge in [0.15, 0.2) is 17.5 Å². The average Bonchev–Trinajstić information content (AvgIpc) is 3.96. The van der Waals surface area contributed by atoms with Gasteiger partial charge in [0.25, 0.3) is 0 Å². The summed E-state index contributed by atoms with van der Waals surface area (Å²) in [4.78, 5) is 15.2. The minimum atomic E-state index is 0.459. The zero-order valence-corrected chi connectivity index (χ0v) is 37.9. The highest BCUT2D eigenvalue weighted by Crippen LogP contribution is 2.43. The van der Waals surface area contributed by atoms with Gasteiger partial charge in [-0.3, -0.25) is 0 Å². The van der Waals surface area contributed by atoms with Crippen LogP contribution in [-0.2, 0) is 0 Å². The van der Waals surface area contributed by atoms with Gasteiger partial charge >= 0.3 is 0 Å². The molecular formula is C62H32N10. The Morgan fingerprint density at radius 2 is 0.667 bits per heavy atom. The third-order valence-corrected chi connectivity index (χ3v) is 13.1. The summed E-state index contributed by atoms with van der Waals surface area (Å²) in [5.74, 6) is 1.49. The highest BCUT2D eigenvalue weighted by molar-refractivity contribution is 6.12. The molecule has 0 fully saturated rings. The van der Waals surface area contributed by atoms with Crippen LogP contribution in [0, 0.1) is 56.7 Å². The van der Waals surface area contributed by atoms with Crippen LogP contribution >= 0.6 is 0 Å². The van der Waals surface area contributed by atoms with Crippen molar-refractivity contribution in [2.75, 3.05) is 0 Å². The zero-order valence-electron chi connectivity index (χ0n) is 37.9. The van der Waals surface area contributed by atoms with Gasteiger partial charge in [-0.05, 0) is 115 Å². The molecule has 9 aromatic carbocycles. The molecule has 0 aliphatic heterocycles. The van der Waals surface area contributed by atoms with E-state index < -0.39 is 0 Å². The Kier molecular flexibility index (Phi) is 10.2. The molecule has 0 N–H and O–H groups in total. The monoisotopic (exact) mass is 916 g/mol. The number of rotatable bonds is 7. The van der Waals surface area contributed by atoms with Crippen LogP contribution in [0.1, 0.15) is 27.8 Å². The highest BCUT2D eigenvalue weighted by Gasteiger charge is 2.23. The van der Waals surface area contributed by atoms with E-state index in [0.717, 1.165) is 88.4 Å². The Morgan fingerprint density at radius 3 is 1.10 bits per heavy atom. The molecule has 0 bridgehead atoms. The van der Waals surface area contributed by atoms with Crippen molar-refractivity contribution in [2.24, 2.45) is 0 Å². The van der Waals surface area contributed by atoms with Gasteiger partial charge in [0, 0.05) is 54.9 Å². The molecule has 0 radical (unpaired) electrons. The van der Waals surface area contributed by atoms with Gasteiger partial charge in [0.1, 0.15) is 0 Å². The molecule has 0 aliphatic rings. The lowest BCUT2D eigenvalue weighted by molar-refractivity contribution is 1.07. The molecule has 3 aromatic heterocycles. The zero-order chi connectivity index (χ0) is 48.9. The van der Waals surface area contributed by atoms with Crippen LogP contribution in [0.2, 0.25) is 0 Å². The van der Waals surface area contributed by atoms with E-state index in [0.29, 0.717) is 50.9 Å². The van der Waals surface area contributed by atoms with Crippen LogP contribution in [0.4, 0.5) is 0 Å². The van der Waals surface area contributed by atoms with Crippen molar-refractivity contribution >= 4 is 43.6 Å². The fourth-order valence-electron chi connectivity index (χ4n) is 9.81. The first-order valence-corrected chi connectivity index (χ1v) is 22.9. The van der Waals surface area contributed by atoms with Gasteiger partial charge in [-0.15, -0.1) is 0 Å². The van der Waals surface area contributed by atoms with Gasteiger partial charge in [-0.25, -0.2) is 15.0 Å². The summed E-state index contributed by atoms with van der Waals surface area (Å²) in [5, 5.41) is 54.0. The number of nitriles is 5. The quantitative estimate of drug-likeness (QED) is 0.152. The van der Waals surface area contributed by atoms with E-state index in [-0.39, 0.29) is 0 Å². The molecule has 0 aliphatic carbocycles. The van der Waals surface area contributed by atoms with Crippen LogP contribution in [0.25, 0.3) is 111 Å². The predicted molar refractivity (Wildman–Crippen MR) is 279 cm³/mol. The van der Waals surface area contributed by atoms with E-state index in [4.69, 9.17) is 15.0 Å². The average molecular weight is 917 g/mol. The van der Waals surface area contributed by atoms with E-state index in [9.17, 15) is 26.3 Å². The molecule has 10 heteroatoms. The molecule has 0 spiro atoms. The smallest absolute Gasteiger partial charge is 0.164 e. The van der Waals surface area contributed by atoms with Gasteiger partial charge in [-0.2, -0.15) is 26.3 Å². The summed E-state index contributed by atoms with van der Waals surface area (Å²) in [6, 6.07) is 73.4. The van der Waals surface area contributed by atoms with E-state index in [1.54, 1.807) is 30.3 Å². The van der Waals surface area contributed by atoms with Gasteiger partial charge in [0.05, 0.1) is 91.6 Å². The van der Waals surface area contributed by atoms with Crippen LogP contribution in [0.15, 0.2) is 194 Å². The lowest BCUT2D eigenvalue weighted by Gasteiger charge is -2.19. The summed E-state index contributed by atoms with van der Waals surface area (Å²) < 4.78 is 4.29. The molecular weight excluding hydrogens is 885 g/mol. The second-order valence-corrected chi connectivity index (χ2v) is 17.2. The van der Waals surface area contributed by atoms with Crippen molar-refractivity contribution in [1.29, 1.82) is 26.3 Å². The van der Waals surface area contributed by atoms with E-state index in [2.05, 4.69) is 69.8 Å². The number of fused-ring (bicyclic) bond motifs is 6. The number of benzene rings is 9. The lowest BCUT2D eigenvalue weighted by Crippen LogP contribution is -2.03. The van der Waals surface area contributed by atoms with E-state index >= 15 is 0 Å². The van der Waals surface area contributed by atoms with Crippen molar-refractivity contribution < 1.29 is 0 Å². The summed E-state index contributed by atoms with van der Waals surface area (Å²) >= 11 is 0. The fourth-order valence-corrected chi connectivity index (χ4v) is 9.81. The van der Waals surface area contributed by atoms with Gasteiger partial charge in [0.2, 0.25) is 0 Å². The summed E-state index contributed by atoms with van der Waals surface area (Å²) in [5.41, 5.74) is 12.8. The third kappa shape index (κ3) is 7.04. The first kappa shape index (κ1) is 42.4. The summed E-state index contributed by atoms with van der Waals surface area (Å²) in [6.45, 7) is 0. The molecule has 12 rings (SSSR count). The molecule has 0 unspecified atom stereocenters. The SMILES string of the molecule is N#Cc1ccc2c(c1)c1cc(C#N)ccc1n2-c1ccc(-c2nc(-c3ccccc3)nc(-c3ccccc3)n2)cc1-c1ccc(-n2c3ccc(C#N)cc3c3cc(C#N)ccc32)c(-c2ccccc2C#N)c1. The van der Waals surface area contributed by atoms with Gasteiger partial charge in [-0.1, -0.05) is 84.9 Å². The molecule has 0 amide bonds. The molecule has 3 heterocycles. The lowest BCUT2D eigenvalue weighted by atomic mass is 9.93. The standard InChI is InChI=1S/C62H32N10/c63-33-38-15-21-55-49(27-38)50-28-39(34-64)16-22-56(50)71(55)54-26-20-45(62-69-60(42-9-3-1-4-10-42)68-61(70-62)43-11-5-2-6-12-43)32-48(54)44-19-25-59(53(31-44)47-14-8-7-13-46(47)37-67)72-57-23-17-40(35-65)29-51(57)52-30-41(36-66)18-24-58(52)72/h1-32H. The van der Waals surface area contributed by atoms with Crippen molar-refractivity contribution in [1.82, 2.24) is 24.1 Å². The molecule has 0 saturated heterocycles.